The minimum absolute atomic E-state index is 0.00839. The first kappa shape index (κ1) is 27.7. The van der Waals surface area contributed by atoms with Crippen LogP contribution >= 0.6 is 0 Å². The fourth-order valence-electron chi connectivity index (χ4n) is 4.09. The molecule has 38 heavy (non-hydrogen) atoms. The van der Waals surface area contributed by atoms with Gasteiger partial charge in [-0.1, -0.05) is 0 Å². The maximum Gasteiger partial charge on any atom is 0.351 e. The quantitative estimate of drug-likeness (QED) is 0.138. The maximum atomic E-state index is 11.6. The maximum absolute atomic E-state index is 11.6. The summed E-state index contributed by atoms with van der Waals surface area (Å²) in [4.78, 5) is 26.9. The lowest BCUT2D eigenvalue weighted by Crippen LogP contribution is -2.55. The summed E-state index contributed by atoms with van der Waals surface area (Å²) >= 11 is 0. The van der Waals surface area contributed by atoms with Crippen molar-refractivity contribution in [1.82, 2.24) is 29.1 Å². The van der Waals surface area contributed by atoms with E-state index in [2.05, 4.69) is 19.9 Å². The molecule has 0 radical (unpaired) electrons. The molecule has 0 aromatic carbocycles. The fraction of sp³-hybridized carbons (Fsp3) is 0.526. The average molecular weight is 540 g/mol. The zero-order valence-electron chi connectivity index (χ0n) is 19.6. The number of nitrogens with two attached hydrogens (primary N) is 4. The van der Waals surface area contributed by atoms with E-state index in [9.17, 15) is 25.2 Å². The van der Waals surface area contributed by atoms with Gasteiger partial charge < -0.3 is 51.6 Å². The molecule has 19 nitrogen and oxygen atoms in total. The Morgan fingerprint density at radius 2 is 1.47 bits per heavy atom. The van der Waals surface area contributed by atoms with E-state index in [0.717, 1.165) is 4.57 Å². The Kier molecular flexibility index (Phi) is 7.33. The first-order chi connectivity index (χ1) is 17.8. The van der Waals surface area contributed by atoms with Crippen LogP contribution in [-0.4, -0.2) is 109 Å². The molecule has 2 fully saturated rings. The lowest BCUT2D eigenvalue weighted by molar-refractivity contribution is -0.107. The summed E-state index contributed by atoms with van der Waals surface area (Å²) in [5.74, 6) is 0.181. The molecular formula is C19H28N10O9. The summed E-state index contributed by atoms with van der Waals surface area (Å²) in [6, 6.07) is 1.32. The lowest BCUT2D eigenvalue weighted by Gasteiger charge is -2.26. The molecule has 2 aliphatic heterocycles. The molecule has 5 rings (SSSR count). The van der Waals surface area contributed by atoms with Gasteiger partial charge in [-0.3, -0.25) is 20.6 Å². The molecule has 0 saturated carbocycles. The highest BCUT2D eigenvalue weighted by Gasteiger charge is 2.55. The Morgan fingerprint density at radius 3 is 1.97 bits per heavy atom. The van der Waals surface area contributed by atoms with E-state index in [1.165, 1.54) is 29.5 Å². The Morgan fingerprint density at radius 1 is 0.921 bits per heavy atom. The number of ether oxygens (including phenoxy) is 2. The van der Waals surface area contributed by atoms with Crippen LogP contribution in [0.3, 0.4) is 0 Å². The number of hydrogen-bond donors (Lipinski definition) is 10. The number of anilines is 2. The lowest BCUT2D eigenvalue weighted by atomic mass is 10.1. The second-order valence-corrected chi connectivity index (χ2v) is 8.71. The van der Waals surface area contributed by atoms with Crippen molar-refractivity contribution in [2.75, 3.05) is 24.7 Å². The van der Waals surface area contributed by atoms with Gasteiger partial charge in [-0.05, 0) is 6.07 Å². The van der Waals surface area contributed by atoms with Gasteiger partial charge in [-0.25, -0.2) is 19.7 Å². The van der Waals surface area contributed by atoms with Crippen LogP contribution in [0, 0.1) is 0 Å². The van der Waals surface area contributed by atoms with Crippen molar-refractivity contribution in [2.24, 2.45) is 11.5 Å². The van der Waals surface area contributed by atoms with Gasteiger partial charge >= 0.3 is 5.69 Å². The highest BCUT2D eigenvalue weighted by molar-refractivity contribution is 5.81. The van der Waals surface area contributed by atoms with Crippen LogP contribution in [0.25, 0.3) is 11.2 Å². The molecule has 19 heteroatoms. The van der Waals surface area contributed by atoms with E-state index in [4.69, 9.17) is 42.6 Å². The molecule has 2 aliphatic rings. The van der Waals surface area contributed by atoms with Crippen LogP contribution in [0.4, 0.5) is 11.6 Å². The van der Waals surface area contributed by atoms with Crippen molar-refractivity contribution in [2.45, 2.75) is 48.3 Å². The standard InChI is InChI=1S/C10H14N6O4.C9H14N4O5/c11-7-5-8(14-2-13-7)16(3-15-5)9-10(12,19)6(18)4(1-17)20-9;10-5-1-2-13(8(16)12-5)7-9(11,17)6(15)4(3-14)18-7/h2-4,6,9,17-19H,1,12H2,(H2,11,13,14);1-2,4,6-7,14-15,17H,3,11H2,(H2,10,12,16)/t4-,6-,9-,10-;4-,6-,7-,9-/m11/s1. The van der Waals surface area contributed by atoms with Crippen molar-refractivity contribution in [3.63, 3.8) is 0 Å². The minimum Gasteiger partial charge on any atom is -0.394 e. The number of nitrogens with zero attached hydrogens (tertiary/aromatic N) is 6. The molecule has 2 saturated heterocycles. The predicted molar refractivity (Wildman–Crippen MR) is 125 cm³/mol. The first-order valence-corrected chi connectivity index (χ1v) is 11.0. The highest BCUT2D eigenvalue weighted by atomic mass is 16.6. The third-order valence-electron chi connectivity index (χ3n) is 6.15. The van der Waals surface area contributed by atoms with Crippen LogP contribution in [0.5, 0.6) is 0 Å². The molecule has 3 aromatic heterocycles. The largest absolute Gasteiger partial charge is 0.394 e. The molecular weight excluding hydrogens is 512 g/mol. The van der Waals surface area contributed by atoms with Crippen molar-refractivity contribution in [3.8, 4) is 0 Å². The average Bonchev–Trinajstić information content (AvgIpc) is 3.46. The number of aromatic nitrogens is 6. The van der Waals surface area contributed by atoms with Crippen molar-refractivity contribution in [3.05, 3.63) is 35.4 Å². The molecule has 5 heterocycles. The topological polar surface area (TPSA) is 322 Å². The van der Waals surface area contributed by atoms with Crippen LogP contribution in [0.1, 0.15) is 12.5 Å². The molecule has 3 aromatic rings. The Labute approximate surface area is 212 Å². The van der Waals surface area contributed by atoms with E-state index in [1.807, 2.05) is 0 Å². The minimum atomic E-state index is -2.21. The van der Waals surface area contributed by atoms with Crippen molar-refractivity contribution in [1.29, 1.82) is 0 Å². The van der Waals surface area contributed by atoms with E-state index in [1.54, 1.807) is 0 Å². The fourth-order valence-corrected chi connectivity index (χ4v) is 4.09. The number of hydrogen-bond acceptors (Lipinski definition) is 17. The molecule has 14 N–H and O–H groups in total. The SMILES string of the molecule is Nc1ccn([C@@H]2O[C@H](CO)[C@@H](O)[C@@]2(N)O)c(=O)n1.Nc1ncnc2c1ncn2[C@@H]1O[C@H](CO)[C@@H](O)[C@@]1(N)O. The van der Waals surface area contributed by atoms with Gasteiger partial charge in [-0.15, -0.1) is 0 Å². The van der Waals surface area contributed by atoms with E-state index < -0.39 is 67.2 Å². The Balaban J connectivity index is 0.000000178. The van der Waals surface area contributed by atoms with Crippen LogP contribution in [-0.2, 0) is 9.47 Å². The molecule has 208 valence electrons. The van der Waals surface area contributed by atoms with Crippen molar-refractivity contribution >= 4 is 22.8 Å². The second-order valence-electron chi connectivity index (χ2n) is 8.71. The molecule has 0 aliphatic carbocycles. The van der Waals surface area contributed by atoms with Gasteiger partial charge in [0.25, 0.3) is 0 Å². The monoisotopic (exact) mass is 540 g/mol. The van der Waals surface area contributed by atoms with Gasteiger partial charge in [0, 0.05) is 6.20 Å². The number of rotatable bonds is 4. The van der Waals surface area contributed by atoms with Gasteiger partial charge in [-0.2, -0.15) is 4.98 Å². The summed E-state index contributed by atoms with van der Waals surface area (Å²) in [5.41, 5.74) is 17.7. The number of fused-ring (bicyclic) bond motifs is 1. The molecule has 0 amide bonds. The molecule has 0 bridgehead atoms. The summed E-state index contributed by atoms with van der Waals surface area (Å²) in [6.45, 7) is -1.03. The van der Waals surface area contributed by atoms with E-state index >= 15 is 0 Å². The summed E-state index contributed by atoms with van der Waals surface area (Å²) < 4.78 is 12.8. The van der Waals surface area contributed by atoms with Gasteiger partial charge in [0.1, 0.15) is 42.1 Å². The van der Waals surface area contributed by atoms with Gasteiger partial charge in [0.05, 0.1) is 19.5 Å². The zero-order valence-corrected chi connectivity index (χ0v) is 19.6. The predicted octanol–water partition coefficient (Wildman–Crippen LogP) is -5.97. The zero-order chi connectivity index (χ0) is 28.0. The summed E-state index contributed by atoms with van der Waals surface area (Å²) in [7, 11) is 0. The second kappa shape index (κ2) is 10.1. The molecule has 0 spiro atoms. The first-order valence-electron chi connectivity index (χ1n) is 11.0. The third kappa shape index (κ3) is 4.56. The van der Waals surface area contributed by atoms with Crippen LogP contribution in [0.2, 0.25) is 0 Å². The highest BCUT2D eigenvalue weighted by Crippen LogP contribution is 2.36. The molecule has 8 atom stereocenters. The summed E-state index contributed by atoms with van der Waals surface area (Å²) in [5, 5.41) is 57.8. The Hall–Kier alpha value is -3.37. The smallest absolute Gasteiger partial charge is 0.351 e. The normalized spacial score (nSPS) is 34.8. The van der Waals surface area contributed by atoms with Crippen LogP contribution < -0.4 is 28.6 Å². The van der Waals surface area contributed by atoms with E-state index in [0.29, 0.717) is 11.2 Å². The molecule has 0 unspecified atom stereocenters. The van der Waals surface area contributed by atoms with Crippen LogP contribution in [0.15, 0.2) is 29.7 Å². The summed E-state index contributed by atoms with van der Waals surface area (Å²) in [6.07, 6.45) is -3.80. The number of nitrogen functional groups attached to an aromatic ring is 2. The third-order valence-corrected chi connectivity index (χ3v) is 6.15. The number of aliphatic hydroxyl groups is 6. The van der Waals surface area contributed by atoms with Gasteiger partial charge in [0.2, 0.25) is 0 Å². The number of imidazole rings is 1. The van der Waals surface area contributed by atoms with Gasteiger partial charge in [0.15, 0.2) is 35.4 Å². The Bertz CT molecular complexity index is 1350. The number of aliphatic hydroxyl groups excluding tert-OH is 4. The van der Waals surface area contributed by atoms with E-state index in [-0.39, 0.29) is 11.6 Å². The van der Waals surface area contributed by atoms with Crippen molar-refractivity contribution < 1.29 is 40.1 Å².